The van der Waals surface area contributed by atoms with Crippen molar-refractivity contribution in [2.24, 2.45) is 5.41 Å². The van der Waals surface area contributed by atoms with Crippen molar-refractivity contribution < 1.29 is 9.53 Å². The molecule has 2 fully saturated rings. The monoisotopic (exact) mass is 155 g/mol. The average Bonchev–Trinajstić information content (AvgIpc) is 2.49. The maximum absolute atomic E-state index is 11.0. The van der Waals surface area contributed by atoms with Crippen LogP contribution in [0.5, 0.6) is 0 Å². The highest BCUT2D eigenvalue weighted by atomic mass is 16.5. The van der Waals surface area contributed by atoms with E-state index in [9.17, 15) is 4.79 Å². The first-order valence-electron chi connectivity index (χ1n) is 3.99. The minimum Gasteiger partial charge on any atom is -0.468 e. The van der Waals surface area contributed by atoms with E-state index in [2.05, 4.69) is 17.0 Å². The zero-order chi connectivity index (χ0) is 8.06. The van der Waals surface area contributed by atoms with Crippen LogP contribution in [-0.4, -0.2) is 25.2 Å². The van der Waals surface area contributed by atoms with Gasteiger partial charge in [-0.3, -0.25) is 4.79 Å². The minimum absolute atomic E-state index is 0.0382. The van der Waals surface area contributed by atoms with E-state index in [4.69, 9.17) is 0 Å². The molecule has 62 valence electrons. The third-order valence-corrected chi connectivity index (χ3v) is 2.91. The van der Waals surface area contributed by atoms with Crippen molar-refractivity contribution in [3.8, 4) is 0 Å². The number of carbonyl (C=O) groups is 1. The first kappa shape index (κ1) is 7.10. The largest absolute Gasteiger partial charge is 0.468 e. The van der Waals surface area contributed by atoms with E-state index in [1.54, 1.807) is 0 Å². The molecule has 0 aromatic carbocycles. The van der Waals surface area contributed by atoms with Crippen LogP contribution in [0.2, 0.25) is 0 Å². The number of rotatable bonds is 1. The van der Waals surface area contributed by atoms with Crippen LogP contribution >= 0.6 is 0 Å². The topological polar surface area (TPSA) is 38.3 Å². The number of esters is 1. The molecule has 1 aliphatic carbocycles. The SMILES string of the molecule is COC(=O)[C@@H]1C[C@]2(C)C[C@@H]2N1. The van der Waals surface area contributed by atoms with Crippen molar-refractivity contribution in [1.82, 2.24) is 5.32 Å². The minimum atomic E-state index is -0.113. The Kier molecular flexibility index (Phi) is 1.27. The highest BCUT2D eigenvalue weighted by Crippen LogP contribution is 2.53. The fourth-order valence-electron chi connectivity index (χ4n) is 1.95. The van der Waals surface area contributed by atoms with Gasteiger partial charge in [-0.25, -0.2) is 0 Å². The van der Waals surface area contributed by atoms with Crippen LogP contribution < -0.4 is 5.32 Å². The van der Waals surface area contributed by atoms with Gasteiger partial charge in [0.15, 0.2) is 0 Å². The molecule has 0 amide bonds. The molecule has 0 bridgehead atoms. The molecule has 1 N–H and O–H groups in total. The first-order valence-corrected chi connectivity index (χ1v) is 3.99. The summed E-state index contributed by atoms with van der Waals surface area (Å²) in [6, 6.07) is 0.537. The van der Waals surface area contributed by atoms with Gasteiger partial charge in [-0.05, 0) is 18.3 Å². The molecule has 2 rings (SSSR count). The molecule has 3 atom stereocenters. The first-order chi connectivity index (χ1) is 5.15. The molecule has 3 nitrogen and oxygen atoms in total. The van der Waals surface area contributed by atoms with Gasteiger partial charge in [-0.2, -0.15) is 0 Å². The van der Waals surface area contributed by atoms with Crippen LogP contribution in [0.4, 0.5) is 0 Å². The molecule has 0 aromatic rings. The van der Waals surface area contributed by atoms with Crippen LogP contribution in [0.15, 0.2) is 0 Å². The molecule has 3 heteroatoms. The van der Waals surface area contributed by atoms with Crippen LogP contribution in [0.3, 0.4) is 0 Å². The molecular weight excluding hydrogens is 142 g/mol. The molecule has 0 unspecified atom stereocenters. The molecule has 0 radical (unpaired) electrons. The van der Waals surface area contributed by atoms with Gasteiger partial charge in [0, 0.05) is 6.04 Å². The second-order valence-electron chi connectivity index (χ2n) is 3.86. The number of hydrogen-bond acceptors (Lipinski definition) is 3. The van der Waals surface area contributed by atoms with Gasteiger partial charge in [0.1, 0.15) is 6.04 Å². The summed E-state index contributed by atoms with van der Waals surface area (Å²) < 4.78 is 4.65. The smallest absolute Gasteiger partial charge is 0.322 e. The highest BCUT2D eigenvalue weighted by Gasteiger charge is 2.58. The zero-order valence-electron chi connectivity index (χ0n) is 6.89. The van der Waals surface area contributed by atoms with Gasteiger partial charge in [-0.1, -0.05) is 6.92 Å². The Morgan fingerprint density at radius 2 is 2.36 bits per heavy atom. The third kappa shape index (κ3) is 0.948. The Morgan fingerprint density at radius 1 is 1.64 bits per heavy atom. The standard InChI is InChI=1S/C8H13NO2/c1-8-3-5(7(10)11-2)9-6(8)4-8/h5-6,9H,3-4H2,1-2H3/t5-,6-,8+/m0/s1. The van der Waals surface area contributed by atoms with Crippen molar-refractivity contribution in [2.75, 3.05) is 7.11 Å². The van der Waals surface area contributed by atoms with Gasteiger partial charge in [0.25, 0.3) is 0 Å². The number of fused-ring (bicyclic) bond motifs is 1. The number of methoxy groups -OCH3 is 1. The number of piperidine rings is 1. The van der Waals surface area contributed by atoms with E-state index < -0.39 is 0 Å². The number of hydrogen-bond donors (Lipinski definition) is 1. The Labute approximate surface area is 66.1 Å². The summed E-state index contributed by atoms with van der Waals surface area (Å²) in [4.78, 5) is 11.0. The van der Waals surface area contributed by atoms with E-state index in [-0.39, 0.29) is 12.0 Å². The van der Waals surface area contributed by atoms with Gasteiger partial charge in [0.05, 0.1) is 7.11 Å². The van der Waals surface area contributed by atoms with Gasteiger partial charge < -0.3 is 10.1 Å². The summed E-state index contributed by atoms with van der Waals surface area (Å²) in [6.45, 7) is 2.22. The summed E-state index contributed by atoms with van der Waals surface area (Å²) in [5, 5.41) is 3.24. The summed E-state index contributed by atoms with van der Waals surface area (Å²) in [6.07, 6.45) is 2.17. The van der Waals surface area contributed by atoms with Gasteiger partial charge in [0.2, 0.25) is 0 Å². The van der Waals surface area contributed by atoms with Gasteiger partial charge >= 0.3 is 5.97 Å². The zero-order valence-corrected chi connectivity index (χ0v) is 6.89. The van der Waals surface area contributed by atoms with Crippen LogP contribution in [0, 0.1) is 5.41 Å². The van der Waals surface area contributed by atoms with Gasteiger partial charge in [-0.15, -0.1) is 0 Å². The lowest BCUT2D eigenvalue weighted by Gasteiger charge is -2.10. The Hall–Kier alpha value is -0.570. The van der Waals surface area contributed by atoms with E-state index in [1.165, 1.54) is 13.5 Å². The summed E-state index contributed by atoms with van der Waals surface area (Å²) in [5.41, 5.74) is 0.402. The third-order valence-electron chi connectivity index (χ3n) is 2.91. The number of nitrogens with one attached hydrogen (secondary N) is 1. The lowest BCUT2D eigenvalue weighted by atomic mass is 10.0. The predicted octanol–water partition coefficient (Wildman–Crippen LogP) is 0.300. The van der Waals surface area contributed by atoms with Crippen LogP contribution in [-0.2, 0) is 9.53 Å². The van der Waals surface area contributed by atoms with Crippen molar-refractivity contribution >= 4 is 5.97 Å². The molecule has 11 heavy (non-hydrogen) atoms. The summed E-state index contributed by atoms with van der Waals surface area (Å²) in [5.74, 6) is -0.113. The second-order valence-corrected chi connectivity index (χ2v) is 3.86. The molecule has 1 heterocycles. The lowest BCUT2D eigenvalue weighted by Crippen LogP contribution is -2.34. The Bertz CT molecular complexity index is 204. The van der Waals surface area contributed by atoms with Crippen LogP contribution in [0.1, 0.15) is 19.8 Å². The Morgan fingerprint density at radius 3 is 2.82 bits per heavy atom. The normalized spacial score (nSPS) is 46.7. The lowest BCUT2D eigenvalue weighted by molar-refractivity contribution is -0.143. The molecule has 1 aliphatic heterocycles. The van der Waals surface area contributed by atoms with E-state index in [0.29, 0.717) is 11.5 Å². The maximum atomic E-state index is 11.0. The van der Waals surface area contributed by atoms with E-state index >= 15 is 0 Å². The number of carbonyl (C=O) groups excluding carboxylic acids is 1. The van der Waals surface area contributed by atoms with E-state index in [0.717, 1.165) is 6.42 Å². The molecule has 0 aromatic heterocycles. The molecule has 1 saturated carbocycles. The van der Waals surface area contributed by atoms with Crippen LogP contribution in [0.25, 0.3) is 0 Å². The average molecular weight is 155 g/mol. The summed E-state index contributed by atoms with van der Waals surface area (Å²) >= 11 is 0. The second kappa shape index (κ2) is 1.97. The fraction of sp³-hybridized carbons (Fsp3) is 0.875. The molecule has 0 spiro atoms. The summed E-state index contributed by atoms with van der Waals surface area (Å²) in [7, 11) is 1.44. The van der Waals surface area contributed by atoms with Crippen molar-refractivity contribution in [1.29, 1.82) is 0 Å². The van der Waals surface area contributed by atoms with Crippen molar-refractivity contribution in [3.05, 3.63) is 0 Å². The fourth-order valence-corrected chi connectivity index (χ4v) is 1.95. The molecule has 1 saturated heterocycles. The molecule has 2 aliphatic rings. The van der Waals surface area contributed by atoms with Crippen molar-refractivity contribution in [3.63, 3.8) is 0 Å². The number of ether oxygens (including phenoxy) is 1. The van der Waals surface area contributed by atoms with E-state index in [1.807, 2.05) is 0 Å². The quantitative estimate of drug-likeness (QED) is 0.553. The Balaban J connectivity index is 1.97. The van der Waals surface area contributed by atoms with Crippen molar-refractivity contribution in [2.45, 2.75) is 31.8 Å². The molecular formula is C8H13NO2. The highest BCUT2D eigenvalue weighted by molar-refractivity contribution is 5.76. The maximum Gasteiger partial charge on any atom is 0.322 e. The predicted molar refractivity (Wildman–Crippen MR) is 40.1 cm³/mol.